The standard InChI is InChI=1S/C11H8N8O/c12-11-17-9-7(10(20)18-11)15-8(16-9)5-3-14-19-2-1-13-4-6(5)19/h1-4H,(H4,12,15,16,17,18,20). The van der Waals surface area contributed by atoms with E-state index < -0.39 is 0 Å². The molecule has 4 N–H and O–H groups in total. The highest BCUT2D eigenvalue weighted by Crippen LogP contribution is 2.22. The van der Waals surface area contributed by atoms with E-state index in [2.05, 4.69) is 30.0 Å². The Morgan fingerprint density at radius 2 is 2.10 bits per heavy atom. The van der Waals surface area contributed by atoms with Gasteiger partial charge in [0.05, 0.1) is 23.5 Å². The predicted molar refractivity (Wildman–Crippen MR) is 70.9 cm³/mol. The van der Waals surface area contributed by atoms with Gasteiger partial charge in [-0.2, -0.15) is 10.1 Å². The number of imidazole rings is 1. The first-order valence-corrected chi connectivity index (χ1v) is 5.75. The number of nitrogens with two attached hydrogens (primary N) is 1. The second-order valence-corrected chi connectivity index (χ2v) is 4.20. The second kappa shape index (κ2) is 3.63. The van der Waals surface area contributed by atoms with Crippen LogP contribution in [0.15, 0.2) is 29.6 Å². The van der Waals surface area contributed by atoms with Crippen LogP contribution in [0.2, 0.25) is 0 Å². The molecule has 0 fully saturated rings. The summed E-state index contributed by atoms with van der Waals surface area (Å²) in [5.74, 6) is 0.522. The first-order chi connectivity index (χ1) is 9.72. The smallest absolute Gasteiger partial charge is 0.278 e. The van der Waals surface area contributed by atoms with E-state index in [1.165, 1.54) is 0 Å². The van der Waals surface area contributed by atoms with Crippen molar-refractivity contribution in [2.45, 2.75) is 0 Å². The van der Waals surface area contributed by atoms with E-state index in [1.54, 1.807) is 29.3 Å². The van der Waals surface area contributed by atoms with E-state index >= 15 is 0 Å². The van der Waals surface area contributed by atoms with E-state index in [9.17, 15) is 4.79 Å². The molecule has 4 heterocycles. The second-order valence-electron chi connectivity index (χ2n) is 4.20. The molecule has 4 rings (SSSR count). The summed E-state index contributed by atoms with van der Waals surface area (Å²) in [6.07, 6.45) is 6.67. The minimum Gasteiger partial charge on any atom is -0.369 e. The molecule has 0 atom stereocenters. The first kappa shape index (κ1) is 10.7. The molecule has 0 saturated heterocycles. The monoisotopic (exact) mass is 268 g/mol. The van der Waals surface area contributed by atoms with Crippen LogP contribution in [-0.4, -0.2) is 34.5 Å². The zero-order valence-electron chi connectivity index (χ0n) is 10.0. The van der Waals surface area contributed by atoms with E-state index in [-0.39, 0.29) is 22.7 Å². The highest BCUT2D eigenvalue weighted by Gasteiger charge is 2.13. The van der Waals surface area contributed by atoms with Gasteiger partial charge in [0, 0.05) is 12.4 Å². The fourth-order valence-corrected chi connectivity index (χ4v) is 2.07. The molecule has 0 aromatic carbocycles. The third-order valence-electron chi connectivity index (χ3n) is 2.96. The minimum absolute atomic E-state index is 0.0297. The summed E-state index contributed by atoms with van der Waals surface area (Å²) in [7, 11) is 0. The molecule has 9 heteroatoms. The largest absolute Gasteiger partial charge is 0.369 e. The van der Waals surface area contributed by atoms with Crippen molar-refractivity contribution in [1.82, 2.24) is 34.5 Å². The summed E-state index contributed by atoms with van der Waals surface area (Å²) in [6, 6.07) is 0. The van der Waals surface area contributed by atoms with Gasteiger partial charge in [-0.1, -0.05) is 0 Å². The van der Waals surface area contributed by atoms with Crippen molar-refractivity contribution >= 4 is 22.6 Å². The maximum Gasteiger partial charge on any atom is 0.278 e. The molecule has 0 amide bonds. The van der Waals surface area contributed by atoms with Gasteiger partial charge in [0.15, 0.2) is 11.2 Å². The van der Waals surface area contributed by atoms with Crippen LogP contribution in [0.3, 0.4) is 0 Å². The molecule has 4 aromatic heterocycles. The Labute approximate surface area is 110 Å². The van der Waals surface area contributed by atoms with Crippen molar-refractivity contribution in [3.8, 4) is 11.4 Å². The number of aromatic amines is 2. The van der Waals surface area contributed by atoms with Gasteiger partial charge in [-0.3, -0.25) is 14.8 Å². The number of rotatable bonds is 1. The van der Waals surface area contributed by atoms with Crippen LogP contribution in [0, 0.1) is 0 Å². The van der Waals surface area contributed by atoms with E-state index in [1.807, 2.05) is 0 Å². The summed E-state index contributed by atoms with van der Waals surface area (Å²) in [5, 5.41) is 4.19. The van der Waals surface area contributed by atoms with Gasteiger partial charge < -0.3 is 10.7 Å². The van der Waals surface area contributed by atoms with Crippen molar-refractivity contribution in [1.29, 1.82) is 0 Å². The molecule has 0 saturated carbocycles. The van der Waals surface area contributed by atoms with Crippen LogP contribution in [0.1, 0.15) is 0 Å². The lowest BCUT2D eigenvalue weighted by Gasteiger charge is -1.93. The van der Waals surface area contributed by atoms with Crippen LogP contribution in [0.25, 0.3) is 28.1 Å². The molecule has 0 aliphatic rings. The average molecular weight is 268 g/mol. The van der Waals surface area contributed by atoms with E-state index in [0.29, 0.717) is 5.82 Å². The molecule has 0 unspecified atom stereocenters. The fraction of sp³-hybridized carbons (Fsp3) is 0. The fourth-order valence-electron chi connectivity index (χ4n) is 2.07. The van der Waals surface area contributed by atoms with Crippen molar-refractivity contribution in [3.63, 3.8) is 0 Å². The number of nitrogen functional groups attached to an aromatic ring is 1. The Kier molecular flexibility index (Phi) is 1.94. The topological polar surface area (TPSA) is 131 Å². The lowest BCUT2D eigenvalue weighted by Crippen LogP contribution is -2.10. The summed E-state index contributed by atoms with van der Waals surface area (Å²) < 4.78 is 1.67. The Morgan fingerprint density at radius 3 is 3.00 bits per heavy atom. The third kappa shape index (κ3) is 1.40. The molecule has 0 aliphatic carbocycles. The van der Waals surface area contributed by atoms with Gasteiger partial charge in [0.2, 0.25) is 5.95 Å². The molecular formula is C11H8N8O. The number of hydrogen-bond acceptors (Lipinski definition) is 6. The number of fused-ring (bicyclic) bond motifs is 2. The van der Waals surface area contributed by atoms with Crippen LogP contribution in [0.5, 0.6) is 0 Å². The SMILES string of the molecule is Nc1nc2nc(-c3cnn4ccncc34)[nH]c2c(=O)[nH]1. The average Bonchev–Trinajstić information content (AvgIpc) is 3.01. The summed E-state index contributed by atoms with van der Waals surface area (Å²) in [4.78, 5) is 29.4. The van der Waals surface area contributed by atoms with Gasteiger partial charge in [0.1, 0.15) is 5.82 Å². The number of anilines is 1. The maximum absolute atomic E-state index is 11.8. The molecule has 0 aliphatic heterocycles. The number of nitrogens with zero attached hydrogens (tertiary/aromatic N) is 5. The molecule has 9 nitrogen and oxygen atoms in total. The lowest BCUT2D eigenvalue weighted by atomic mass is 10.3. The predicted octanol–water partition coefficient (Wildman–Crippen LogP) is -0.0619. The number of aromatic nitrogens is 7. The van der Waals surface area contributed by atoms with E-state index in [4.69, 9.17) is 5.73 Å². The maximum atomic E-state index is 11.8. The summed E-state index contributed by atoms with van der Waals surface area (Å²) >= 11 is 0. The van der Waals surface area contributed by atoms with Gasteiger partial charge >= 0.3 is 0 Å². The minimum atomic E-state index is -0.360. The van der Waals surface area contributed by atoms with E-state index in [0.717, 1.165) is 11.1 Å². The van der Waals surface area contributed by atoms with Crippen molar-refractivity contribution in [2.24, 2.45) is 0 Å². The van der Waals surface area contributed by atoms with Gasteiger partial charge in [-0.25, -0.2) is 9.50 Å². The van der Waals surface area contributed by atoms with Gasteiger partial charge in [-0.05, 0) is 0 Å². The van der Waals surface area contributed by atoms with Gasteiger partial charge in [-0.15, -0.1) is 0 Å². The van der Waals surface area contributed by atoms with Crippen LogP contribution in [-0.2, 0) is 0 Å². The summed E-state index contributed by atoms with van der Waals surface area (Å²) in [5.41, 5.74) is 7.18. The molecule has 0 radical (unpaired) electrons. The molecule has 0 spiro atoms. The Hall–Kier alpha value is -3.23. The third-order valence-corrected chi connectivity index (χ3v) is 2.96. The van der Waals surface area contributed by atoms with Crippen LogP contribution < -0.4 is 11.3 Å². The lowest BCUT2D eigenvalue weighted by molar-refractivity contribution is 0.946. The van der Waals surface area contributed by atoms with Crippen molar-refractivity contribution in [2.75, 3.05) is 5.73 Å². The number of hydrogen-bond donors (Lipinski definition) is 3. The normalized spacial score (nSPS) is 11.4. The van der Waals surface area contributed by atoms with Crippen LogP contribution in [0.4, 0.5) is 5.95 Å². The Bertz CT molecular complexity index is 994. The van der Waals surface area contributed by atoms with Crippen molar-refractivity contribution in [3.05, 3.63) is 35.1 Å². The quantitative estimate of drug-likeness (QED) is 0.443. The van der Waals surface area contributed by atoms with Gasteiger partial charge in [0.25, 0.3) is 5.56 Å². The molecule has 20 heavy (non-hydrogen) atoms. The molecule has 0 bridgehead atoms. The first-order valence-electron chi connectivity index (χ1n) is 5.75. The molecule has 4 aromatic rings. The number of nitrogens with one attached hydrogen (secondary N) is 2. The highest BCUT2D eigenvalue weighted by molar-refractivity contribution is 5.81. The Morgan fingerprint density at radius 1 is 1.20 bits per heavy atom. The highest BCUT2D eigenvalue weighted by atomic mass is 16.1. The van der Waals surface area contributed by atoms with Crippen LogP contribution >= 0.6 is 0 Å². The number of H-pyrrole nitrogens is 2. The van der Waals surface area contributed by atoms with Crippen molar-refractivity contribution < 1.29 is 0 Å². The zero-order valence-corrected chi connectivity index (χ0v) is 10.0. The summed E-state index contributed by atoms with van der Waals surface area (Å²) in [6.45, 7) is 0. The zero-order chi connectivity index (χ0) is 13.7. The molecular weight excluding hydrogens is 260 g/mol. The Balaban J connectivity index is 2.03. The molecule has 98 valence electrons.